The van der Waals surface area contributed by atoms with Gasteiger partial charge in [0, 0.05) is 29.8 Å². The molecule has 2 fully saturated rings. The predicted molar refractivity (Wildman–Crippen MR) is 106 cm³/mol. The number of hydrogen-bond acceptors (Lipinski definition) is 5. The summed E-state index contributed by atoms with van der Waals surface area (Å²) in [5.41, 5.74) is 1.17. The van der Waals surface area contributed by atoms with E-state index in [0.29, 0.717) is 18.0 Å². The molecule has 1 saturated heterocycles. The number of carbonyl (C=O) groups excluding carboxylic acids is 2. The van der Waals surface area contributed by atoms with Gasteiger partial charge >= 0.3 is 0 Å². The molecule has 0 aromatic heterocycles. The van der Waals surface area contributed by atoms with E-state index in [-0.39, 0.29) is 47.3 Å². The monoisotopic (exact) mass is 423 g/mol. The molecule has 0 spiro atoms. The van der Waals surface area contributed by atoms with E-state index >= 15 is 0 Å². The van der Waals surface area contributed by atoms with Crippen molar-refractivity contribution in [2.45, 2.75) is 43.6 Å². The van der Waals surface area contributed by atoms with Crippen LogP contribution < -0.4 is 5.32 Å². The fraction of sp³-hybridized carbons (Fsp3) is 0.526. The molecule has 1 atom stereocenters. The van der Waals surface area contributed by atoms with Gasteiger partial charge in [-0.15, -0.1) is 0 Å². The third-order valence-corrected chi connectivity index (χ3v) is 7.84. The fourth-order valence-corrected chi connectivity index (χ4v) is 5.95. The molecule has 1 N–H and O–H groups in total. The SMILES string of the molecule is O=C(NCC1(c2ccccc2Cl)CC1)C1=NN([C@@H]2CCS(=O)(=O)C2)C(=O)CC1. The predicted octanol–water partition coefficient (Wildman–Crippen LogP) is 1.65. The molecule has 1 aromatic rings. The third kappa shape index (κ3) is 3.80. The Morgan fingerprint density at radius 3 is 2.68 bits per heavy atom. The average Bonchev–Trinajstić information content (AvgIpc) is 3.36. The maximum atomic E-state index is 12.7. The van der Waals surface area contributed by atoms with Crippen molar-refractivity contribution in [1.82, 2.24) is 10.3 Å². The Balaban J connectivity index is 1.44. The van der Waals surface area contributed by atoms with E-state index < -0.39 is 15.9 Å². The van der Waals surface area contributed by atoms with Crippen LogP contribution in [-0.2, 0) is 24.8 Å². The van der Waals surface area contributed by atoms with Gasteiger partial charge in [0.15, 0.2) is 9.84 Å². The first-order valence-corrected chi connectivity index (χ1v) is 11.6. The summed E-state index contributed by atoms with van der Waals surface area (Å²) in [4.78, 5) is 24.8. The van der Waals surface area contributed by atoms with E-state index in [1.54, 1.807) is 0 Å². The lowest BCUT2D eigenvalue weighted by atomic mass is 9.95. The van der Waals surface area contributed by atoms with Crippen molar-refractivity contribution >= 4 is 39.0 Å². The number of rotatable bonds is 5. The van der Waals surface area contributed by atoms with Gasteiger partial charge in [-0.1, -0.05) is 29.8 Å². The summed E-state index contributed by atoms with van der Waals surface area (Å²) in [7, 11) is -3.14. The number of sulfone groups is 1. The van der Waals surface area contributed by atoms with E-state index in [9.17, 15) is 18.0 Å². The number of nitrogens with zero attached hydrogens (tertiary/aromatic N) is 2. The van der Waals surface area contributed by atoms with Crippen molar-refractivity contribution in [2.75, 3.05) is 18.1 Å². The number of hydrogen-bond donors (Lipinski definition) is 1. The van der Waals surface area contributed by atoms with E-state index in [1.807, 2.05) is 24.3 Å². The standard InChI is InChI=1S/C19H22ClN3O4S/c20-15-4-2-1-3-14(15)19(8-9-19)12-21-18(25)16-5-6-17(24)23(22-16)13-7-10-28(26,27)11-13/h1-4,13H,5-12H2,(H,21,25)/t13-/m1/s1. The van der Waals surface area contributed by atoms with Crippen LogP contribution in [0.25, 0.3) is 0 Å². The molecule has 2 amide bonds. The second kappa shape index (κ2) is 7.15. The average molecular weight is 424 g/mol. The Morgan fingerprint density at radius 2 is 2.04 bits per heavy atom. The van der Waals surface area contributed by atoms with Crippen LogP contribution in [0.4, 0.5) is 0 Å². The highest BCUT2D eigenvalue weighted by molar-refractivity contribution is 7.91. The molecule has 9 heteroatoms. The molecule has 0 unspecified atom stereocenters. The smallest absolute Gasteiger partial charge is 0.267 e. The summed E-state index contributed by atoms with van der Waals surface area (Å²) in [5.74, 6) is -0.573. The maximum Gasteiger partial charge on any atom is 0.267 e. The van der Waals surface area contributed by atoms with Crippen LogP contribution in [0.2, 0.25) is 5.02 Å². The molecule has 7 nitrogen and oxygen atoms in total. The zero-order valence-electron chi connectivity index (χ0n) is 15.4. The van der Waals surface area contributed by atoms with E-state index in [4.69, 9.17) is 11.6 Å². The van der Waals surface area contributed by atoms with Crippen LogP contribution in [0.1, 0.15) is 37.7 Å². The molecule has 3 aliphatic rings. The Morgan fingerprint density at radius 1 is 1.29 bits per heavy atom. The first kappa shape index (κ1) is 19.4. The number of benzene rings is 1. The van der Waals surface area contributed by atoms with Crippen LogP contribution in [-0.4, -0.2) is 55.0 Å². The number of hydrazone groups is 1. The van der Waals surface area contributed by atoms with Gasteiger partial charge in [-0.2, -0.15) is 5.10 Å². The van der Waals surface area contributed by atoms with Gasteiger partial charge in [-0.05, 0) is 30.9 Å². The largest absolute Gasteiger partial charge is 0.350 e. The highest BCUT2D eigenvalue weighted by Gasteiger charge is 2.46. The highest BCUT2D eigenvalue weighted by atomic mass is 35.5. The second-order valence-corrected chi connectivity index (χ2v) is 10.4. The minimum Gasteiger partial charge on any atom is -0.350 e. The summed E-state index contributed by atoms with van der Waals surface area (Å²) >= 11 is 6.31. The number of carbonyl (C=O) groups is 2. The Bertz CT molecular complexity index is 956. The van der Waals surface area contributed by atoms with Crippen LogP contribution >= 0.6 is 11.6 Å². The van der Waals surface area contributed by atoms with Crippen molar-refractivity contribution in [3.05, 3.63) is 34.9 Å². The van der Waals surface area contributed by atoms with Crippen molar-refractivity contribution in [1.29, 1.82) is 0 Å². The maximum absolute atomic E-state index is 12.7. The van der Waals surface area contributed by atoms with E-state index in [1.165, 1.54) is 5.01 Å². The summed E-state index contributed by atoms with van der Waals surface area (Å²) in [5, 5.41) is 9.07. The summed E-state index contributed by atoms with van der Waals surface area (Å²) < 4.78 is 23.4. The van der Waals surface area contributed by atoms with Crippen LogP contribution in [0.15, 0.2) is 29.4 Å². The van der Waals surface area contributed by atoms with Crippen molar-refractivity contribution in [2.24, 2.45) is 5.10 Å². The fourth-order valence-electron chi connectivity index (χ4n) is 3.92. The minimum absolute atomic E-state index is 0.0544. The van der Waals surface area contributed by atoms with Gasteiger partial charge < -0.3 is 5.32 Å². The molecule has 1 aliphatic carbocycles. The topological polar surface area (TPSA) is 95.9 Å². The molecule has 4 rings (SSSR count). The lowest BCUT2D eigenvalue weighted by Gasteiger charge is -2.27. The van der Waals surface area contributed by atoms with Crippen molar-refractivity contribution < 1.29 is 18.0 Å². The van der Waals surface area contributed by atoms with Crippen LogP contribution in [0, 0.1) is 0 Å². The summed E-state index contributed by atoms with van der Waals surface area (Å²) in [6.07, 6.45) is 2.70. The Labute approximate surface area is 169 Å². The molecule has 1 saturated carbocycles. The lowest BCUT2D eigenvalue weighted by Crippen LogP contribution is -2.45. The van der Waals surface area contributed by atoms with Crippen LogP contribution in [0.5, 0.6) is 0 Å². The van der Waals surface area contributed by atoms with Gasteiger partial charge in [0.2, 0.25) is 5.91 Å². The number of nitrogens with one attached hydrogen (secondary N) is 1. The van der Waals surface area contributed by atoms with Crippen molar-refractivity contribution in [3.63, 3.8) is 0 Å². The minimum atomic E-state index is -3.14. The first-order chi connectivity index (χ1) is 13.3. The molecule has 1 aromatic carbocycles. The summed E-state index contributed by atoms with van der Waals surface area (Å²) in [6, 6.07) is 7.18. The highest BCUT2D eigenvalue weighted by Crippen LogP contribution is 2.49. The van der Waals surface area contributed by atoms with Gasteiger partial charge in [0.25, 0.3) is 5.91 Å². The van der Waals surface area contributed by atoms with Gasteiger partial charge in [0.1, 0.15) is 5.71 Å². The molecule has 0 radical (unpaired) electrons. The van der Waals surface area contributed by atoms with Gasteiger partial charge in [-0.3, -0.25) is 9.59 Å². The molecule has 2 aliphatic heterocycles. The summed E-state index contributed by atoms with van der Waals surface area (Å²) in [6.45, 7) is 0.459. The molecule has 150 valence electrons. The van der Waals surface area contributed by atoms with E-state index in [2.05, 4.69) is 10.4 Å². The van der Waals surface area contributed by atoms with E-state index in [0.717, 1.165) is 18.4 Å². The van der Waals surface area contributed by atoms with Gasteiger partial charge in [-0.25, -0.2) is 13.4 Å². The molecule has 0 bridgehead atoms. The number of halogens is 1. The molecular weight excluding hydrogens is 402 g/mol. The third-order valence-electron chi connectivity index (χ3n) is 5.76. The first-order valence-electron chi connectivity index (χ1n) is 9.43. The zero-order valence-corrected chi connectivity index (χ0v) is 16.9. The normalized spacial score (nSPS) is 25.3. The lowest BCUT2D eigenvalue weighted by molar-refractivity contribution is -0.133. The molecule has 28 heavy (non-hydrogen) atoms. The van der Waals surface area contributed by atoms with Gasteiger partial charge in [0.05, 0.1) is 17.5 Å². The van der Waals surface area contributed by atoms with Crippen LogP contribution in [0.3, 0.4) is 0 Å². The second-order valence-electron chi connectivity index (χ2n) is 7.78. The molecular formula is C19H22ClN3O4S. The van der Waals surface area contributed by atoms with Crippen molar-refractivity contribution in [3.8, 4) is 0 Å². The number of amides is 2. The quantitative estimate of drug-likeness (QED) is 0.778. The Hall–Kier alpha value is -1.93. The molecule has 2 heterocycles. The zero-order chi connectivity index (χ0) is 19.9. The Kier molecular flexibility index (Phi) is 4.95.